The molecule has 1 aromatic heterocycles. The third kappa shape index (κ3) is 3.86. The Hall–Kier alpha value is -0.790. The molecule has 0 amide bonds. The lowest BCUT2D eigenvalue weighted by Gasteiger charge is -2.06. The van der Waals surface area contributed by atoms with Crippen LogP contribution in [-0.2, 0) is 17.3 Å². The fraction of sp³-hybridized carbons (Fsp3) is 0.154. The molecule has 0 aliphatic heterocycles. The quantitative estimate of drug-likeness (QED) is 0.595. The van der Waals surface area contributed by atoms with Crippen LogP contribution in [0.3, 0.4) is 0 Å². The minimum Gasteiger partial charge on any atom is -0.311 e. The Morgan fingerprint density at radius 1 is 1.17 bits per heavy atom. The van der Waals surface area contributed by atoms with Crippen molar-refractivity contribution in [1.82, 2.24) is 4.57 Å². The highest BCUT2D eigenvalue weighted by molar-refractivity contribution is 14.2. The fourth-order valence-corrected chi connectivity index (χ4v) is 2.20. The molecule has 2 rings (SSSR count). The number of halogens is 1. The molecule has 1 aromatic carbocycles. The molecule has 0 N–H and O–H groups in total. The minimum atomic E-state index is -0.00147. The monoisotopic (exact) mass is 373 g/mol. The molecule has 0 spiro atoms. The SMILES string of the molecule is O=c1cc(COSI)ccn1Cc1ccccc1. The van der Waals surface area contributed by atoms with Crippen molar-refractivity contribution in [2.45, 2.75) is 13.2 Å². The first-order chi connectivity index (χ1) is 8.79. The summed E-state index contributed by atoms with van der Waals surface area (Å²) in [6, 6.07) is 13.5. The predicted molar refractivity (Wildman–Crippen MR) is 82.6 cm³/mol. The second-order valence-electron chi connectivity index (χ2n) is 3.81. The van der Waals surface area contributed by atoms with Gasteiger partial charge in [0.1, 0.15) is 0 Å². The molecule has 0 aliphatic carbocycles. The Morgan fingerprint density at radius 2 is 1.94 bits per heavy atom. The summed E-state index contributed by atoms with van der Waals surface area (Å²) in [6.07, 6.45) is 1.81. The summed E-state index contributed by atoms with van der Waals surface area (Å²) in [6.45, 7) is 1.05. The lowest BCUT2D eigenvalue weighted by molar-refractivity contribution is 0.370. The standard InChI is InChI=1S/C13H12INO2S/c14-18-17-10-12-6-7-15(13(16)8-12)9-11-4-2-1-3-5-11/h1-8H,9-10H2. The van der Waals surface area contributed by atoms with Crippen LogP contribution in [0.5, 0.6) is 0 Å². The number of benzene rings is 1. The van der Waals surface area contributed by atoms with Gasteiger partial charge in [0.2, 0.25) is 0 Å². The van der Waals surface area contributed by atoms with Gasteiger partial charge in [-0.25, -0.2) is 0 Å². The van der Waals surface area contributed by atoms with Crippen LogP contribution < -0.4 is 5.56 Å². The summed E-state index contributed by atoms with van der Waals surface area (Å²) >= 11 is 2.06. The molecule has 3 nitrogen and oxygen atoms in total. The first kappa shape index (κ1) is 13.6. The lowest BCUT2D eigenvalue weighted by Crippen LogP contribution is -2.19. The molecule has 2 aromatic rings. The average molecular weight is 373 g/mol. The summed E-state index contributed by atoms with van der Waals surface area (Å²) in [5.74, 6) is 0. The second kappa shape index (κ2) is 6.96. The molecule has 0 saturated carbocycles. The molecule has 18 heavy (non-hydrogen) atoms. The van der Waals surface area contributed by atoms with Crippen LogP contribution >= 0.6 is 30.4 Å². The smallest absolute Gasteiger partial charge is 0.251 e. The molecule has 0 unspecified atom stereocenters. The van der Waals surface area contributed by atoms with Gasteiger partial charge in [-0.1, -0.05) is 30.3 Å². The minimum absolute atomic E-state index is 0.00147. The van der Waals surface area contributed by atoms with Gasteiger partial charge in [-0.3, -0.25) is 4.79 Å². The van der Waals surface area contributed by atoms with Crippen molar-refractivity contribution in [3.05, 3.63) is 70.1 Å². The maximum Gasteiger partial charge on any atom is 0.251 e. The van der Waals surface area contributed by atoms with Crippen LogP contribution in [0.15, 0.2) is 53.5 Å². The van der Waals surface area contributed by atoms with E-state index in [0.717, 1.165) is 11.1 Å². The van der Waals surface area contributed by atoms with Crippen LogP contribution in [-0.4, -0.2) is 4.57 Å². The number of hydrogen-bond donors (Lipinski definition) is 0. The molecule has 0 radical (unpaired) electrons. The van der Waals surface area contributed by atoms with Crippen molar-refractivity contribution in [2.24, 2.45) is 0 Å². The molecule has 1 heterocycles. The van der Waals surface area contributed by atoms with Crippen molar-refractivity contribution in [1.29, 1.82) is 0 Å². The van der Waals surface area contributed by atoms with Gasteiger partial charge < -0.3 is 8.75 Å². The summed E-state index contributed by atoms with van der Waals surface area (Å²) in [5, 5.41) is 0. The normalized spacial score (nSPS) is 10.5. The number of nitrogens with zero attached hydrogens (tertiary/aromatic N) is 1. The van der Waals surface area contributed by atoms with E-state index >= 15 is 0 Å². The van der Waals surface area contributed by atoms with E-state index in [4.69, 9.17) is 4.18 Å². The van der Waals surface area contributed by atoms with Gasteiger partial charge in [-0.05, 0) is 17.2 Å². The van der Waals surface area contributed by atoms with Crippen LogP contribution in [0.1, 0.15) is 11.1 Å². The first-order valence-electron chi connectivity index (χ1n) is 5.43. The van der Waals surface area contributed by atoms with Gasteiger partial charge in [-0.15, -0.1) is 0 Å². The Labute approximate surface area is 122 Å². The van der Waals surface area contributed by atoms with E-state index in [1.165, 1.54) is 9.21 Å². The largest absolute Gasteiger partial charge is 0.311 e. The lowest BCUT2D eigenvalue weighted by atomic mass is 10.2. The van der Waals surface area contributed by atoms with E-state index in [1.54, 1.807) is 10.6 Å². The van der Waals surface area contributed by atoms with Crippen molar-refractivity contribution >= 4 is 30.4 Å². The van der Waals surface area contributed by atoms with Crippen molar-refractivity contribution in [3.8, 4) is 0 Å². The maximum atomic E-state index is 11.9. The average Bonchev–Trinajstić information content (AvgIpc) is 2.40. The summed E-state index contributed by atoms with van der Waals surface area (Å²) < 4.78 is 6.88. The molecule has 0 saturated heterocycles. The highest BCUT2D eigenvalue weighted by atomic mass is 127. The van der Waals surface area contributed by atoms with E-state index in [2.05, 4.69) is 21.2 Å². The molecule has 0 atom stereocenters. The topological polar surface area (TPSA) is 31.2 Å². The van der Waals surface area contributed by atoms with E-state index in [0.29, 0.717) is 13.2 Å². The molecule has 0 bridgehead atoms. The Kier molecular flexibility index (Phi) is 5.27. The van der Waals surface area contributed by atoms with Crippen molar-refractivity contribution in [3.63, 3.8) is 0 Å². The maximum absolute atomic E-state index is 11.9. The zero-order valence-corrected chi connectivity index (χ0v) is 12.6. The van der Waals surface area contributed by atoms with Gasteiger partial charge >= 0.3 is 0 Å². The van der Waals surface area contributed by atoms with Crippen molar-refractivity contribution < 1.29 is 4.18 Å². The summed E-state index contributed by atoms with van der Waals surface area (Å²) in [7, 11) is 1.27. The number of pyridine rings is 1. The summed E-state index contributed by atoms with van der Waals surface area (Å²) in [5.41, 5.74) is 2.01. The predicted octanol–water partition coefficient (Wildman–Crippen LogP) is 3.41. The van der Waals surface area contributed by atoms with Gasteiger partial charge in [0.15, 0.2) is 0 Å². The van der Waals surface area contributed by atoms with Crippen LogP contribution in [0.2, 0.25) is 0 Å². The van der Waals surface area contributed by atoms with Gasteiger partial charge in [0, 0.05) is 33.5 Å². The fourth-order valence-electron chi connectivity index (χ4n) is 1.64. The Bertz CT molecular complexity index is 556. The van der Waals surface area contributed by atoms with Crippen LogP contribution in [0, 0.1) is 0 Å². The van der Waals surface area contributed by atoms with E-state index in [1.807, 2.05) is 42.6 Å². The molecule has 5 heteroatoms. The third-order valence-electron chi connectivity index (χ3n) is 2.53. The first-order valence-corrected chi connectivity index (χ1v) is 8.71. The van der Waals surface area contributed by atoms with Gasteiger partial charge in [0.05, 0.1) is 22.4 Å². The highest BCUT2D eigenvalue weighted by Gasteiger charge is 2.00. The van der Waals surface area contributed by atoms with Crippen molar-refractivity contribution in [2.75, 3.05) is 0 Å². The Morgan fingerprint density at radius 3 is 2.61 bits per heavy atom. The number of hydrogen-bond acceptors (Lipinski definition) is 3. The molecule has 0 aliphatic rings. The molecular weight excluding hydrogens is 361 g/mol. The van der Waals surface area contributed by atoms with E-state index in [9.17, 15) is 4.79 Å². The molecule has 0 fully saturated rings. The van der Waals surface area contributed by atoms with Gasteiger partial charge in [-0.2, -0.15) is 0 Å². The highest BCUT2D eigenvalue weighted by Crippen LogP contribution is 2.15. The zero-order chi connectivity index (χ0) is 12.8. The van der Waals surface area contributed by atoms with E-state index in [-0.39, 0.29) is 5.56 Å². The van der Waals surface area contributed by atoms with Crippen LogP contribution in [0.25, 0.3) is 0 Å². The summed E-state index contributed by atoms with van der Waals surface area (Å²) in [4.78, 5) is 11.9. The van der Waals surface area contributed by atoms with Crippen LogP contribution in [0.4, 0.5) is 0 Å². The number of aromatic nitrogens is 1. The molecule has 94 valence electrons. The Balaban J connectivity index is 2.13. The molecular formula is C13H12INO2S. The third-order valence-corrected chi connectivity index (χ3v) is 3.50. The number of rotatable bonds is 5. The zero-order valence-electron chi connectivity index (χ0n) is 9.58. The second-order valence-corrected chi connectivity index (χ2v) is 5.25. The van der Waals surface area contributed by atoms with Gasteiger partial charge in [0.25, 0.3) is 5.56 Å². The van der Waals surface area contributed by atoms with E-state index < -0.39 is 0 Å².